The van der Waals surface area contributed by atoms with Gasteiger partial charge in [-0.15, -0.1) is 0 Å². The number of aryl methyl sites for hydroxylation is 3. The molecule has 1 aliphatic heterocycles. The quantitative estimate of drug-likeness (QED) is 0.742. The standard InChI is InChI=1S/C19H31N3O3S/c1-14(2)12-20-18(23)13-21-6-8-22(9-7-21)26(24,25)19-16(4)10-15(3)11-17(19)5/h10-11,14H,6-9,12-13H2,1-5H3,(H,20,23)/p+1. The van der Waals surface area contributed by atoms with Crippen LogP contribution in [0.15, 0.2) is 17.0 Å². The van der Waals surface area contributed by atoms with Crippen molar-refractivity contribution in [2.75, 3.05) is 39.3 Å². The smallest absolute Gasteiger partial charge is 0.275 e. The van der Waals surface area contributed by atoms with Gasteiger partial charge in [-0.2, -0.15) is 4.31 Å². The van der Waals surface area contributed by atoms with Crippen LogP contribution in [0.2, 0.25) is 0 Å². The molecule has 1 fully saturated rings. The summed E-state index contributed by atoms with van der Waals surface area (Å²) >= 11 is 0. The third kappa shape index (κ3) is 5.05. The highest BCUT2D eigenvalue weighted by Gasteiger charge is 2.33. The molecule has 0 bridgehead atoms. The number of quaternary nitrogens is 1. The molecule has 1 aromatic rings. The average Bonchev–Trinajstić information content (AvgIpc) is 2.52. The Hall–Kier alpha value is -1.44. The Morgan fingerprint density at radius 3 is 2.19 bits per heavy atom. The van der Waals surface area contributed by atoms with Crippen LogP contribution in [-0.4, -0.2) is 57.9 Å². The Kier molecular flexibility index (Phi) is 6.82. The van der Waals surface area contributed by atoms with E-state index in [1.165, 1.54) is 0 Å². The predicted molar refractivity (Wildman–Crippen MR) is 103 cm³/mol. The zero-order valence-electron chi connectivity index (χ0n) is 16.6. The minimum absolute atomic E-state index is 0.0373. The summed E-state index contributed by atoms with van der Waals surface area (Å²) in [7, 11) is -3.49. The topological polar surface area (TPSA) is 70.9 Å². The molecule has 6 nitrogen and oxygen atoms in total. The summed E-state index contributed by atoms with van der Waals surface area (Å²) in [5.41, 5.74) is 2.66. The van der Waals surface area contributed by atoms with Crippen molar-refractivity contribution in [2.45, 2.75) is 39.5 Å². The Balaban J connectivity index is 2.00. The van der Waals surface area contributed by atoms with Crippen molar-refractivity contribution < 1.29 is 18.1 Å². The fourth-order valence-electron chi connectivity index (χ4n) is 3.53. The molecule has 7 heteroatoms. The van der Waals surface area contributed by atoms with Gasteiger partial charge in [0.05, 0.1) is 31.1 Å². The van der Waals surface area contributed by atoms with Crippen molar-refractivity contribution in [2.24, 2.45) is 5.92 Å². The van der Waals surface area contributed by atoms with Gasteiger partial charge >= 0.3 is 0 Å². The maximum Gasteiger partial charge on any atom is 0.275 e. The molecule has 0 radical (unpaired) electrons. The maximum atomic E-state index is 13.1. The first kappa shape index (κ1) is 20.9. The fourth-order valence-corrected chi connectivity index (χ4v) is 5.38. The van der Waals surface area contributed by atoms with Crippen molar-refractivity contribution in [3.8, 4) is 0 Å². The number of hydrogen-bond acceptors (Lipinski definition) is 3. The first-order valence-corrected chi connectivity index (χ1v) is 10.7. The van der Waals surface area contributed by atoms with E-state index in [9.17, 15) is 13.2 Å². The molecule has 0 saturated carbocycles. The highest BCUT2D eigenvalue weighted by Crippen LogP contribution is 2.25. The van der Waals surface area contributed by atoms with Crippen LogP contribution in [0.1, 0.15) is 30.5 Å². The van der Waals surface area contributed by atoms with Crippen LogP contribution in [0.25, 0.3) is 0 Å². The van der Waals surface area contributed by atoms with Gasteiger partial charge in [-0.25, -0.2) is 8.42 Å². The largest absolute Gasteiger partial charge is 0.351 e. The summed E-state index contributed by atoms with van der Waals surface area (Å²) in [6.45, 7) is 13.1. The molecule has 0 aliphatic carbocycles. The SMILES string of the molecule is Cc1cc(C)c(S(=O)(=O)N2CC[NH+](CC(=O)NCC(C)C)CC2)c(C)c1. The lowest BCUT2D eigenvalue weighted by Gasteiger charge is -2.32. The minimum Gasteiger partial charge on any atom is -0.351 e. The Morgan fingerprint density at radius 2 is 1.69 bits per heavy atom. The van der Waals surface area contributed by atoms with Gasteiger partial charge < -0.3 is 10.2 Å². The Bertz CT molecular complexity index is 728. The summed E-state index contributed by atoms with van der Waals surface area (Å²) in [5.74, 6) is 0.465. The molecule has 1 aromatic carbocycles. The lowest BCUT2D eigenvalue weighted by molar-refractivity contribution is -0.895. The summed E-state index contributed by atoms with van der Waals surface area (Å²) < 4.78 is 27.7. The highest BCUT2D eigenvalue weighted by molar-refractivity contribution is 7.89. The van der Waals surface area contributed by atoms with Gasteiger partial charge in [-0.3, -0.25) is 4.79 Å². The molecule has 2 N–H and O–H groups in total. The number of carbonyl (C=O) groups is 1. The fraction of sp³-hybridized carbons (Fsp3) is 0.632. The number of piperazine rings is 1. The lowest BCUT2D eigenvalue weighted by Crippen LogP contribution is -3.15. The number of benzene rings is 1. The second-order valence-electron chi connectivity index (χ2n) is 7.76. The molecule has 0 aromatic heterocycles. The molecule has 1 aliphatic rings. The molecule has 1 amide bonds. The van der Waals surface area contributed by atoms with E-state index in [4.69, 9.17) is 0 Å². The van der Waals surface area contributed by atoms with Gasteiger partial charge in [0.25, 0.3) is 5.91 Å². The first-order chi connectivity index (χ1) is 12.1. The van der Waals surface area contributed by atoms with E-state index in [0.717, 1.165) is 21.6 Å². The monoisotopic (exact) mass is 382 g/mol. The van der Waals surface area contributed by atoms with Crippen LogP contribution in [0, 0.1) is 26.7 Å². The van der Waals surface area contributed by atoms with Crippen LogP contribution in [0.5, 0.6) is 0 Å². The van der Waals surface area contributed by atoms with Crippen LogP contribution in [0.3, 0.4) is 0 Å². The first-order valence-electron chi connectivity index (χ1n) is 9.29. The molecule has 1 saturated heterocycles. The van der Waals surface area contributed by atoms with E-state index >= 15 is 0 Å². The van der Waals surface area contributed by atoms with Crippen LogP contribution in [0.4, 0.5) is 0 Å². The zero-order chi connectivity index (χ0) is 19.5. The van der Waals surface area contributed by atoms with Crippen LogP contribution < -0.4 is 10.2 Å². The number of hydrogen-bond donors (Lipinski definition) is 2. The van der Waals surface area contributed by atoms with Crippen LogP contribution >= 0.6 is 0 Å². The molecule has 0 spiro atoms. The van der Waals surface area contributed by atoms with Crippen molar-refractivity contribution in [3.63, 3.8) is 0 Å². The van der Waals surface area contributed by atoms with E-state index in [-0.39, 0.29) is 5.91 Å². The predicted octanol–water partition coefficient (Wildman–Crippen LogP) is 0.273. The molecule has 1 heterocycles. The maximum absolute atomic E-state index is 13.1. The molecular formula is C19H32N3O3S+. The van der Waals surface area contributed by atoms with Crippen molar-refractivity contribution in [1.82, 2.24) is 9.62 Å². The number of rotatable bonds is 6. The second kappa shape index (κ2) is 8.50. The van der Waals surface area contributed by atoms with E-state index in [1.807, 2.05) is 32.9 Å². The van der Waals surface area contributed by atoms with Gasteiger partial charge in [-0.05, 0) is 37.8 Å². The van der Waals surface area contributed by atoms with Gasteiger partial charge in [0.15, 0.2) is 6.54 Å². The summed E-state index contributed by atoms with van der Waals surface area (Å²) in [4.78, 5) is 13.5. The number of nitrogens with zero attached hydrogens (tertiary/aromatic N) is 1. The summed E-state index contributed by atoms with van der Waals surface area (Å²) in [6.07, 6.45) is 0. The molecule has 0 atom stereocenters. The highest BCUT2D eigenvalue weighted by atomic mass is 32.2. The van der Waals surface area contributed by atoms with Crippen molar-refractivity contribution in [1.29, 1.82) is 0 Å². The van der Waals surface area contributed by atoms with E-state index in [0.29, 0.717) is 50.1 Å². The number of nitrogens with one attached hydrogen (secondary N) is 2. The van der Waals surface area contributed by atoms with Gasteiger partial charge in [0.1, 0.15) is 0 Å². The van der Waals surface area contributed by atoms with Gasteiger partial charge in [0, 0.05) is 6.54 Å². The summed E-state index contributed by atoms with van der Waals surface area (Å²) in [5, 5.41) is 2.93. The molecular weight excluding hydrogens is 350 g/mol. The molecule has 146 valence electrons. The Morgan fingerprint density at radius 1 is 1.15 bits per heavy atom. The van der Waals surface area contributed by atoms with Gasteiger partial charge in [0.2, 0.25) is 10.0 Å². The van der Waals surface area contributed by atoms with Crippen molar-refractivity contribution >= 4 is 15.9 Å². The zero-order valence-corrected chi connectivity index (χ0v) is 17.4. The van der Waals surface area contributed by atoms with E-state index < -0.39 is 10.0 Å². The molecule has 26 heavy (non-hydrogen) atoms. The summed E-state index contributed by atoms with van der Waals surface area (Å²) in [6, 6.07) is 3.83. The number of sulfonamides is 1. The third-order valence-corrected chi connectivity index (χ3v) is 6.95. The second-order valence-corrected chi connectivity index (χ2v) is 9.63. The number of amides is 1. The minimum atomic E-state index is -3.49. The molecule has 2 rings (SSSR count). The van der Waals surface area contributed by atoms with Crippen molar-refractivity contribution in [3.05, 3.63) is 28.8 Å². The van der Waals surface area contributed by atoms with Crippen LogP contribution in [-0.2, 0) is 14.8 Å². The average molecular weight is 383 g/mol. The molecule has 0 unspecified atom stereocenters. The normalized spacial score (nSPS) is 16.8. The van der Waals surface area contributed by atoms with E-state index in [2.05, 4.69) is 19.2 Å². The third-order valence-electron chi connectivity index (χ3n) is 4.75. The Labute approximate surface area is 157 Å². The van der Waals surface area contributed by atoms with E-state index in [1.54, 1.807) is 4.31 Å². The van der Waals surface area contributed by atoms with Gasteiger partial charge in [-0.1, -0.05) is 31.5 Å². The number of carbonyl (C=O) groups excluding carboxylic acids is 1. The lowest BCUT2D eigenvalue weighted by atomic mass is 10.1.